The fourth-order valence-electron chi connectivity index (χ4n) is 22.2. The average Bonchev–Trinajstić information content (AvgIpc) is 0.899. The van der Waals surface area contributed by atoms with Crippen molar-refractivity contribution in [1.29, 1.82) is 0 Å². The van der Waals surface area contributed by atoms with Gasteiger partial charge in [-0.2, -0.15) is 0 Å². The minimum atomic E-state index is -0.363. The Morgan fingerprint density at radius 1 is 0.322 bits per heavy atom. The van der Waals surface area contributed by atoms with Gasteiger partial charge in [-0.1, -0.05) is 243 Å². The molecule has 714 valence electrons. The Labute approximate surface area is 743 Å². The molecule has 0 heterocycles. The Bertz CT molecular complexity index is 2630. The first kappa shape index (κ1) is 131. The molecule has 0 spiro atoms. The summed E-state index contributed by atoms with van der Waals surface area (Å²) in [5.74, 6) is 11.7. The smallest absolute Gasteiger partial charge is 0.312 e. The quantitative estimate of drug-likeness (QED) is 0.109. The molecule has 10 heteroatoms. The Morgan fingerprint density at radius 2 is 0.653 bits per heavy atom. The maximum Gasteiger partial charge on any atom is 0.312 e. The number of carbonyl (C=O) groups is 5. The second kappa shape index (κ2) is 55.7. The number of esters is 5. The van der Waals surface area contributed by atoms with E-state index in [1.807, 2.05) is 138 Å². The molecule has 0 aromatic carbocycles. The van der Waals surface area contributed by atoms with Crippen LogP contribution in [0, 0.1) is 121 Å². The van der Waals surface area contributed by atoms with Crippen LogP contribution in [0.15, 0.2) is 0 Å². The molecule has 14 aliphatic carbocycles. The third kappa shape index (κ3) is 32.3. The molecule has 11 atom stereocenters. The van der Waals surface area contributed by atoms with Crippen LogP contribution < -0.4 is 0 Å². The van der Waals surface area contributed by atoms with Gasteiger partial charge in [0.15, 0.2) is 0 Å². The molecule has 0 aromatic rings. The van der Waals surface area contributed by atoms with Gasteiger partial charge < -0.3 is 23.7 Å². The van der Waals surface area contributed by atoms with Crippen LogP contribution in [-0.2, 0) is 47.7 Å². The summed E-state index contributed by atoms with van der Waals surface area (Å²) in [5.41, 5.74) is -2.65. The summed E-state index contributed by atoms with van der Waals surface area (Å²) < 4.78 is 30.4. The summed E-state index contributed by atoms with van der Waals surface area (Å²) in [6.45, 7) is 68.1. The van der Waals surface area contributed by atoms with Crippen molar-refractivity contribution in [3.63, 3.8) is 0 Å². The van der Waals surface area contributed by atoms with Crippen LogP contribution in [0.2, 0.25) is 0 Å². The molecule has 10 nitrogen and oxygen atoms in total. The minimum absolute atomic E-state index is 0. The number of hydrogen-bond acceptors (Lipinski definition) is 10. The largest absolute Gasteiger partial charge is 0.459 e. The molecule has 0 aromatic heterocycles. The first-order valence-corrected chi connectivity index (χ1v) is 46.7. The lowest BCUT2D eigenvalue weighted by molar-refractivity contribution is -0.211. The normalized spacial score (nSPS) is 32.7. The predicted molar refractivity (Wildman–Crippen MR) is 523 cm³/mol. The van der Waals surface area contributed by atoms with Crippen LogP contribution >= 0.6 is 0 Å². The molecule has 14 saturated carbocycles. The summed E-state index contributed by atoms with van der Waals surface area (Å²) in [6.07, 6.45) is 41.8. The third-order valence-electron chi connectivity index (χ3n) is 31.3. The van der Waals surface area contributed by atoms with Gasteiger partial charge >= 0.3 is 29.8 Å². The number of hydrogen-bond donors (Lipinski definition) is 0. The molecular formula is C108H222O10. The van der Waals surface area contributed by atoms with Gasteiger partial charge in [-0.05, 0) is 361 Å². The molecule has 0 amide bonds. The summed E-state index contributed by atoms with van der Waals surface area (Å²) >= 11 is 0. The maximum absolute atomic E-state index is 12.6. The van der Waals surface area contributed by atoms with Crippen molar-refractivity contribution in [3.8, 4) is 0 Å². The molecule has 14 rings (SSSR count). The van der Waals surface area contributed by atoms with Crippen LogP contribution in [0.5, 0.6) is 0 Å². The summed E-state index contributed by atoms with van der Waals surface area (Å²) in [7, 11) is 0. The highest BCUT2D eigenvalue weighted by atomic mass is 16.6. The van der Waals surface area contributed by atoms with Gasteiger partial charge in [-0.3, -0.25) is 24.0 Å². The second-order valence-corrected chi connectivity index (χ2v) is 40.7. The van der Waals surface area contributed by atoms with Crippen molar-refractivity contribution in [3.05, 3.63) is 0 Å². The van der Waals surface area contributed by atoms with Crippen molar-refractivity contribution in [2.75, 3.05) is 0 Å². The van der Waals surface area contributed by atoms with E-state index in [9.17, 15) is 24.0 Å². The van der Waals surface area contributed by atoms with Crippen LogP contribution in [-0.4, -0.2) is 57.9 Å². The van der Waals surface area contributed by atoms with Crippen LogP contribution in [0.4, 0.5) is 0 Å². The van der Waals surface area contributed by atoms with Crippen molar-refractivity contribution in [1.82, 2.24) is 0 Å². The summed E-state index contributed by atoms with van der Waals surface area (Å²) in [5, 5.41) is 0. The summed E-state index contributed by atoms with van der Waals surface area (Å²) in [6, 6.07) is 0. The zero-order chi connectivity index (χ0) is 82.6. The zero-order valence-corrected chi connectivity index (χ0v) is 77.8. The minimum Gasteiger partial charge on any atom is -0.459 e. The van der Waals surface area contributed by atoms with E-state index in [0.717, 1.165) is 117 Å². The topological polar surface area (TPSA) is 132 Å². The number of carbonyl (C=O) groups excluding carboxylic acids is 5. The Balaban J connectivity index is -0.000000204. The predicted octanol–water partition coefficient (Wildman–Crippen LogP) is 34.9. The van der Waals surface area contributed by atoms with Gasteiger partial charge in [0.05, 0.1) is 27.1 Å². The second-order valence-electron chi connectivity index (χ2n) is 40.7. The van der Waals surface area contributed by atoms with Gasteiger partial charge in [0.2, 0.25) is 0 Å². The van der Waals surface area contributed by atoms with E-state index in [-0.39, 0.29) is 165 Å². The van der Waals surface area contributed by atoms with Gasteiger partial charge in [-0.15, -0.1) is 0 Å². The lowest BCUT2D eigenvalue weighted by atomic mass is 9.46. The highest BCUT2D eigenvalue weighted by molar-refractivity contribution is 5.78. The van der Waals surface area contributed by atoms with E-state index in [2.05, 4.69) is 90.0 Å². The van der Waals surface area contributed by atoms with Crippen LogP contribution in [0.25, 0.3) is 0 Å². The lowest BCUT2D eigenvalue weighted by Crippen LogP contribution is -2.58. The first-order chi connectivity index (χ1) is 50.5. The van der Waals surface area contributed by atoms with Crippen LogP contribution in [0.3, 0.4) is 0 Å². The van der Waals surface area contributed by atoms with Gasteiger partial charge in [0.1, 0.15) is 28.0 Å². The molecule has 0 aliphatic heterocycles. The summed E-state index contributed by atoms with van der Waals surface area (Å²) in [4.78, 5) is 62.3. The third-order valence-corrected chi connectivity index (χ3v) is 31.3. The molecule has 0 saturated heterocycles. The average molecular weight is 1680 g/mol. The highest BCUT2D eigenvalue weighted by Gasteiger charge is 2.61. The fraction of sp³-hybridized carbons (Fsp3) is 0.954. The van der Waals surface area contributed by atoms with Gasteiger partial charge in [0.25, 0.3) is 0 Å². The first-order valence-electron chi connectivity index (χ1n) is 46.7. The van der Waals surface area contributed by atoms with E-state index >= 15 is 0 Å². The van der Waals surface area contributed by atoms with Crippen molar-refractivity contribution in [2.24, 2.45) is 121 Å². The Hall–Kier alpha value is -2.65. The van der Waals surface area contributed by atoms with Gasteiger partial charge in [0, 0.05) is 11.3 Å². The molecule has 0 N–H and O–H groups in total. The number of ether oxygens (including phenoxy) is 5. The zero-order valence-electron chi connectivity index (χ0n) is 77.8. The Kier molecular flexibility index (Phi) is 61.8. The molecule has 8 bridgehead atoms. The number of fused-ring (bicyclic) bond motifs is 3. The molecule has 118 heavy (non-hydrogen) atoms. The van der Waals surface area contributed by atoms with Crippen molar-refractivity contribution < 1.29 is 47.7 Å². The standard InChI is InChI=1S/C19H32O2.C18H32O2.C17H28O2.2C17H30O2.5C2H6.10CH4/c1-6-17(2,3)16(20)21-18(4,5)19-10-13-7-14(11-19)9-15(8-13)12-19;1-7-17(4,5)16(19)20-18(6)11-12(2)14-9-8-10-15(14)13(18)3;1-5-16(2,3)15(18)19-17(4)13-7-11-6-12(9-13)10-14(17)8-11;1-5-16(2,3)15(18)19-17(4)12-8-10-13-9-6-7-11-14(13)17;1-5-16(2,3)15(18)19-17(4)11-10-13-8-6-7-9-14(13)12-17;5*1-2;;;;;;;;;;/h13-15H,6-12H2,1-5H3;12-15H,7-11H2,1-6H3;11-14H,5-10H2,1-4H3;2*13-14H,5-12H2,1-4H3;5*1-2H3;10*1H4. The maximum atomic E-state index is 12.6. The molecule has 14 aliphatic rings. The van der Waals surface area contributed by atoms with Crippen molar-refractivity contribution in [2.45, 2.75) is 549 Å². The van der Waals surface area contributed by atoms with E-state index < -0.39 is 0 Å². The molecule has 11 unspecified atom stereocenters. The highest BCUT2D eigenvalue weighted by Crippen LogP contribution is 2.65. The molecule has 14 fully saturated rings. The van der Waals surface area contributed by atoms with E-state index in [4.69, 9.17) is 23.7 Å². The van der Waals surface area contributed by atoms with E-state index in [0.29, 0.717) is 29.6 Å². The molecular weight excluding hydrogens is 1460 g/mol. The van der Waals surface area contributed by atoms with E-state index in [1.165, 1.54) is 161 Å². The Morgan fingerprint density at radius 3 is 1.06 bits per heavy atom. The lowest BCUT2D eigenvalue weighted by Gasteiger charge is -2.61. The number of rotatable bonds is 16. The van der Waals surface area contributed by atoms with Gasteiger partial charge in [-0.25, -0.2) is 0 Å². The van der Waals surface area contributed by atoms with Crippen molar-refractivity contribution >= 4 is 29.8 Å². The fourth-order valence-corrected chi connectivity index (χ4v) is 22.2. The SMILES string of the molecule is C.C.C.C.C.C.C.C.C.C.CC.CC.CC.CC.CC.CCC(C)(C)C(=O)OC(C)(C)C12CC3CC(CC(C3)C1)C2.CCC(C)(C)C(=O)OC1(C)C2CC3CC(C2)CC1C3.CCC(C)(C)C(=O)OC1(C)CC(C)C2CCCC2C1C.CCC(C)(C)C(=O)OC1(C)CCC2CCCCC2C1.CCC(C)(C)C(=O)OC1(C)CCCC2CCCCC21. The van der Waals surface area contributed by atoms with E-state index in [1.54, 1.807) is 0 Å². The monoisotopic (exact) mass is 1680 g/mol. The van der Waals surface area contributed by atoms with Crippen LogP contribution in [0.1, 0.15) is 521 Å². The molecule has 0 radical (unpaired) electrons.